The first-order valence-electron chi connectivity index (χ1n) is 3.80. The standard InChI is InChI=1S/C8H8N3O2.Na/c9-5-3-1-2-4-6(5)8(13)11-10-7(4)12;/h1-3,7,10H,9H2,(H,11,13);/q-1;+1. The normalized spacial score (nSPS) is 19.2. The van der Waals surface area contributed by atoms with Crippen molar-refractivity contribution in [2.24, 2.45) is 0 Å². The molecular weight excluding hydrogens is 193 g/mol. The Labute approximate surface area is 103 Å². The van der Waals surface area contributed by atoms with E-state index < -0.39 is 6.23 Å². The van der Waals surface area contributed by atoms with E-state index in [1.807, 2.05) is 0 Å². The van der Waals surface area contributed by atoms with Crippen LogP contribution in [0.25, 0.3) is 0 Å². The zero-order chi connectivity index (χ0) is 9.42. The summed E-state index contributed by atoms with van der Waals surface area (Å²) in [5.74, 6) is -0.361. The number of benzene rings is 1. The molecule has 1 aromatic carbocycles. The summed E-state index contributed by atoms with van der Waals surface area (Å²) in [6.45, 7) is 0. The molecule has 1 amide bonds. The van der Waals surface area contributed by atoms with Crippen LogP contribution in [-0.4, -0.2) is 5.91 Å². The molecule has 0 aliphatic carbocycles. The second-order valence-corrected chi connectivity index (χ2v) is 2.79. The molecule has 5 nitrogen and oxygen atoms in total. The minimum absolute atomic E-state index is 0. The SMILES string of the molecule is Nc1cccc2c1C(=O)NNC2[O-].[Na+]. The van der Waals surface area contributed by atoms with Gasteiger partial charge in [-0.05, 0) is 17.9 Å². The number of nitrogens with two attached hydrogens (primary N) is 1. The van der Waals surface area contributed by atoms with Crippen LogP contribution in [0.2, 0.25) is 0 Å². The van der Waals surface area contributed by atoms with Gasteiger partial charge in [-0.15, -0.1) is 0 Å². The number of hydrogen-bond acceptors (Lipinski definition) is 4. The van der Waals surface area contributed by atoms with Crippen molar-refractivity contribution in [3.63, 3.8) is 0 Å². The number of fused-ring (bicyclic) bond motifs is 1. The third-order valence-corrected chi connectivity index (χ3v) is 1.96. The maximum absolute atomic E-state index is 11.3. The van der Waals surface area contributed by atoms with E-state index in [0.717, 1.165) is 0 Å². The molecule has 4 N–H and O–H groups in total. The van der Waals surface area contributed by atoms with E-state index in [-0.39, 0.29) is 41.0 Å². The Balaban J connectivity index is 0.000000980. The summed E-state index contributed by atoms with van der Waals surface area (Å²) in [6, 6.07) is 4.84. The molecule has 1 aromatic rings. The third kappa shape index (κ3) is 1.77. The van der Waals surface area contributed by atoms with Crippen LogP contribution in [0.15, 0.2) is 18.2 Å². The van der Waals surface area contributed by atoms with Crippen molar-refractivity contribution in [2.75, 3.05) is 5.73 Å². The second-order valence-electron chi connectivity index (χ2n) is 2.79. The van der Waals surface area contributed by atoms with Crippen molar-refractivity contribution in [2.45, 2.75) is 6.23 Å². The molecule has 1 unspecified atom stereocenters. The number of rotatable bonds is 0. The predicted molar refractivity (Wildman–Crippen MR) is 44.2 cm³/mol. The molecular formula is C8H8N3NaO2. The Morgan fingerprint density at radius 3 is 2.79 bits per heavy atom. The summed E-state index contributed by atoms with van der Waals surface area (Å²) in [5.41, 5.74) is 11.1. The smallest absolute Gasteiger partial charge is 0.836 e. The third-order valence-electron chi connectivity index (χ3n) is 1.96. The molecule has 14 heavy (non-hydrogen) atoms. The first kappa shape index (κ1) is 11.5. The van der Waals surface area contributed by atoms with Gasteiger partial charge in [0.05, 0.1) is 5.56 Å². The van der Waals surface area contributed by atoms with Crippen molar-refractivity contribution in [1.29, 1.82) is 0 Å². The molecule has 0 spiro atoms. The Kier molecular flexibility index (Phi) is 3.52. The summed E-state index contributed by atoms with van der Waals surface area (Å²) in [7, 11) is 0. The van der Waals surface area contributed by atoms with Crippen LogP contribution >= 0.6 is 0 Å². The van der Waals surface area contributed by atoms with Crippen LogP contribution in [0.4, 0.5) is 5.69 Å². The molecule has 0 aromatic heterocycles. The largest absolute Gasteiger partial charge is 1.00 e. The number of carbonyl (C=O) groups is 1. The van der Waals surface area contributed by atoms with Gasteiger partial charge in [-0.25, -0.2) is 5.43 Å². The fourth-order valence-electron chi connectivity index (χ4n) is 1.34. The number of carbonyl (C=O) groups excluding carboxylic acids is 1. The molecule has 6 heteroatoms. The van der Waals surface area contributed by atoms with E-state index in [2.05, 4.69) is 10.9 Å². The van der Waals surface area contributed by atoms with Crippen molar-refractivity contribution in [1.82, 2.24) is 10.9 Å². The van der Waals surface area contributed by atoms with E-state index in [1.165, 1.54) is 0 Å². The van der Waals surface area contributed by atoms with E-state index in [4.69, 9.17) is 5.73 Å². The van der Waals surface area contributed by atoms with Crippen LogP contribution in [0, 0.1) is 0 Å². The Hall–Kier alpha value is -0.590. The summed E-state index contributed by atoms with van der Waals surface area (Å²) in [6.07, 6.45) is -1.14. The van der Waals surface area contributed by atoms with E-state index in [0.29, 0.717) is 11.3 Å². The van der Waals surface area contributed by atoms with Gasteiger partial charge in [0.25, 0.3) is 5.91 Å². The summed E-state index contributed by atoms with van der Waals surface area (Å²) >= 11 is 0. The quantitative estimate of drug-likeness (QED) is 0.294. The van der Waals surface area contributed by atoms with Crippen molar-refractivity contribution >= 4 is 11.6 Å². The van der Waals surface area contributed by atoms with Gasteiger partial charge < -0.3 is 10.8 Å². The average molecular weight is 201 g/mol. The van der Waals surface area contributed by atoms with Gasteiger partial charge in [0, 0.05) is 5.69 Å². The number of anilines is 1. The number of hydrogen-bond donors (Lipinski definition) is 3. The topological polar surface area (TPSA) is 90.2 Å². The number of nitrogen functional groups attached to an aromatic ring is 1. The fourth-order valence-corrected chi connectivity index (χ4v) is 1.34. The fraction of sp³-hybridized carbons (Fsp3) is 0.125. The van der Waals surface area contributed by atoms with Crippen LogP contribution in [-0.2, 0) is 0 Å². The molecule has 0 saturated carbocycles. The van der Waals surface area contributed by atoms with Crippen molar-refractivity contribution < 1.29 is 39.5 Å². The first-order chi connectivity index (χ1) is 6.20. The predicted octanol–water partition coefficient (Wildman–Crippen LogP) is -4.12. The van der Waals surface area contributed by atoms with Crippen LogP contribution in [0.3, 0.4) is 0 Å². The second kappa shape index (κ2) is 4.29. The minimum atomic E-state index is -1.14. The molecule has 0 bridgehead atoms. The molecule has 1 aliphatic heterocycles. The minimum Gasteiger partial charge on any atom is -0.836 e. The van der Waals surface area contributed by atoms with Crippen molar-refractivity contribution in [3.8, 4) is 0 Å². The number of amides is 1. The molecule has 1 atom stereocenters. The molecule has 0 fully saturated rings. The zero-order valence-corrected chi connectivity index (χ0v) is 9.70. The molecule has 2 rings (SSSR count). The summed E-state index contributed by atoms with van der Waals surface area (Å²) in [4.78, 5) is 11.3. The zero-order valence-electron chi connectivity index (χ0n) is 7.70. The van der Waals surface area contributed by atoms with Crippen LogP contribution in [0.1, 0.15) is 22.1 Å². The Morgan fingerprint density at radius 1 is 1.43 bits per heavy atom. The Morgan fingerprint density at radius 2 is 2.14 bits per heavy atom. The molecule has 1 heterocycles. The Bertz CT molecular complexity index is 370. The number of hydrazine groups is 1. The van der Waals surface area contributed by atoms with Gasteiger partial charge in [0.15, 0.2) is 0 Å². The van der Waals surface area contributed by atoms with Crippen molar-refractivity contribution in [3.05, 3.63) is 29.3 Å². The first-order valence-corrected chi connectivity index (χ1v) is 3.80. The van der Waals surface area contributed by atoms with Gasteiger partial charge in [0.2, 0.25) is 0 Å². The van der Waals surface area contributed by atoms with E-state index >= 15 is 0 Å². The van der Waals surface area contributed by atoms with Crippen LogP contribution < -0.4 is 51.2 Å². The number of nitrogens with one attached hydrogen (secondary N) is 2. The van der Waals surface area contributed by atoms with E-state index in [9.17, 15) is 9.90 Å². The summed E-state index contributed by atoms with van der Waals surface area (Å²) in [5, 5.41) is 11.3. The molecule has 0 saturated heterocycles. The van der Waals surface area contributed by atoms with Gasteiger partial charge in [-0.2, -0.15) is 0 Å². The van der Waals surface area contributed by atoms with Gasteiger partial charge in [-0.3, -0.25) is 10.2 Å². The molecule has 0 radical (unpaired) electrons. The maximum Gasteiger partial charge on any atom is 1.00 e. The maximum atomic E-state index is 11.3. The van der Waals surface area contributed by atoms with Crippen LogP contribution in [0.5, 0.6) is 0 Å². The molecule has 68 valence electrons. The van der Waals surface area contributed by atoms with Gasteiger partial charge >= 0.3 is 29.6 Å². The molecule has 1 aliphatic rings. The van der Waals surface area contributed by atoms with Gasteiger partial charge in [0.1, 0.15) is 0 Å². The average Bonchev–Trinajstić information content (AvgIpc) is 2.12. The van der Waals surface area contributed by atoms with Gasteiger partial charge in [-0.1, -0.05) is 12.1 Å². The monoisotopic (exact) mass is 201 g/mol. The van der Waals surface area contributed by atoms with E-state index in [1.54, 1.807) is 18.2 Å². The summed E-state index contributed by atoms with van der Waals surface area (Å²) < 4.78 is 0.